The van der Waals surface area contributed by atoms with Gasteiger partial charge < -0.3 is 10.3 Å². The quantitative estimate of drug-likeness (QED) is 0.365. The van der Waals surface area contributed by atoms with Gasteiger partial charge in [-0.05, 0) is 42.3 Å². The summed E-state index contributed by atoms with van der Waals surface area (Å²) in [5.74, 6) is -0.900. The Bertz CT molecular complexity index is 1440. The third-order valence-electron chi connectivity index (χ3n) is 6.23. The van der Waals surface area contributed by atoms with Gasteiger partial charge in [0, 0.05) is 49.9 Å². The van der Waals surface area contributed by atoms with E-state index in [-0.39, 0.29) is 18.3 Å². The molecule has 1 fully saturated rings. The summed E-state index contributed by atoms with van der Waals surface area (Å²) in [5, 5.41) is 4.19. The Labute approximate surface area is 210 Å². The minimum absolute atomic E-state index is 0.129. The summed E-state index contributed by atoms with van der Waals surface area (Å²) >= 11 is 6.43. The molecule has 0 saturated carbocycles. The Kier molecular flexibility index (Phi) is 6.93. The number of nitrogens with one attached hydrogen (secondary N) is 2. The number of anilines is 1. The van der Waals surface area contributed by atoms with Crippen LogP contribution in [0.25, 0.3) is 22.2 Å². The van der Waals surface area contributed by atoms with Gasteiger partial charge in [-0.15, -0.1) is 0 Å². The lowest BCUT2D eigenvalue weighted by molar-refractivity contribution is 0.296. The standard InChI is InChI=1S/C26H23ClF3N5O/c27-21-11-20-23(12-24(21)32-19-3-5-35(14-19)6-4-28)33-25(34-26(20)36)7-15-1-2-22(31-13-15)16-8-17(29)10-18(30)9-16/h1-2,8-13,19,32H,3-7,14H2,(H,33,34,36)/t19-/m1/s1. The zero-order valence-corrected chi connectivity index (χ0v) is 20.0. The van der Waals surface area contributed by atoms with Crippen molar-refractivity contribution < 1.29 is 13.2 Å². The van der Waals surface area contributed by atoms with Gasteiger partial charge in [-0.1, -0.05) is 17.7 Å². The summed E-state index contributed by atoms with van der Waals surface area (Å²) in [5.41, 5.74) is 2.40. The molecule has 0 bridgehead atoms. The molecule has 2 N–H and O–H groups in total. The summed E-state index contributed by atoms with van der Waals surface area (Å²) in [6.07, 6.45) is 2.76. The number of fused-ring (bicyclic) bond motifs is 1. The number of hydrogen-bond acceptors (Lipinski definition) is 5. The summed E-state index contributed by atoms with van der Waals surface area (Å²) in [7, 11) is 0. The normalized spacial score (nSPS) is 16.1. The Morgan fingerprint density at radius 3 is 2.67 bits per heavy atom. The predicted molar refractivity (Wildman–Crippen MR) is 134 cm³/mol. The SMILES string of the molecule is O=c1[nH]c(Cc2ccc(-c3cc(F)cc(F)c3)nc2)nc2cc(N[C@@H]3CCN(CCF)C3)c(Cl)cc12. The molecule has 36 heavy (non-hydrogen) atoms. The summed E-state index contributed by atoms with van der Waals surface area (Å²) < 4.78 is 39.7. The number of pyridine rings is 1. The Morgan fingerprint density at radius 2 is 1.94 bits per heavy atom. The fraction of sp³-hybridized carbons (Fsp3) is 0.269. The van der Waals surface area contributed by atoms with Gasteiger partial charge in [-0.2, -0.15) is 0 Å². The number of hydrogen-bond donors (Lipinski definition) is 2. The van der Waals surface area contributed by atoms with E-state index in [9.17, 15) is 18.0 Å². The van der Waals surface area contributed by atoms with E-state index in [4.69, 9.17) is 11.6 Å². The first kappa shape index (κ1) is 24.3. The molecule has 5 rings (SSSR count). The molecule has 0 radical (unpaired) electrons. The van der Waals surface area contributed by atoms with Crippen molar-refractivity contribution in [3.8, 4) is 11.3 Å². The third-order valence-corrected chi connectivity index (χ3v) is 6.54. The molecule has 1 saturated heterocycles. The van der Waals surface area contributed by atoms with Gasteiger partial charge >= 0.3 is 0 Å². The van der Waals surface area contributed by atoms with Gasteiger partial charge in [0.25, 0.3) is 5.56 Å². The second-order valence-corrected chi connectivity index (χ2v) is 9.28. The fourth-order valence-corrected chi connectivity index (χ4v) is 4.71. The lowest BCUT2D eigenvalue weighted by atomic mass is 10.1. The highest BCUT2D eigenvalue weighted by Crippen LogP contribution is 2.28. The van der Waals surface area contributed by atoms with E-state index in [1.807, 2.05) is 0 Å². The zero-order chi connectivity index (χ0) is 25.2. The molecule has 3 heterocycles. The van der Waals surface area contributed by atoms with Crippen LogP contribution in [0.1, 0.15) is 17.8 Å². The number of likely N-dealkylation sites (tertiary alicyclic amines) is 1. The van der Waals surface area contributed by atoms with E-state index in [0.717, 1.165) is 31.1 Å². The van der Waals surface area contributed by atoms with Crippen molar-refractivity contribution in [2.75, 3.05) is 31.6 Å². The number of alkyl halides is 1. The van der Waals surface area contributed by atoms with Crippen molar-refractivity contribution in [2.24, 2.45) is 0 Å². The van der Waals surface area contributed by atoms with Crippen molar-refractivity contribution in [2.45, 2.75) is 18.9 Å². The fourth-order valence-electron chi connectivity index (χ4n) is 4.49. The van der Waals surface area contributed by atoms with Crippen molar-refractivity contribution in [3.05, 3.63) is 87.1 Å². The molecule has 0 aliphatic carbocycles. The summed E-state index contributed by atoms with van der Waals surface area (Å²) in [6.45, 7) is 1.58. The molecular formula is C26H23ClF3N5O. The lowest BCUT2D eigenvalue weighted by Crippen LogP contribution is -2.27. The Hall–Kier alpha value is -3.43. The Morgan fingerprint density at radius 1 is 1.14 bits per heavy atom. The van der Waals surface area contributed by atoms with E-state index in [1.165, 1.54) is 12.1 Å². The van der Waals surface area contributed by atoms with Crippen molar-refractivity contribution >= 4 is 28.2 Å². The smallest absolute Gasteiger partial charge is 0.258 e. The first-order valence-corrected chi connectivity index (χ1v) is 11.9. The predicted octanol–water partition coefficient (Wildman–Crippen LogP) is 4.96. The van der Waals surface area contributed by atoms with E-state index in [1.54, 1.807) is 30.5 Å². The van der Waals surface area contributed by atoms with Gasteiger partial charge in [-0.3, -0.25) is 14.7 Å². The first-order chi connectivity index (χ1) is 17.4. The maximum absolute atomic E-state index is 13.5. The van der Waals surface area contributed by atoms with Crippen molar-refractivity contribution in [1.29, 1.82) is 0 Å². The van der Waals surface area contributed by atoms with Crippen LogP contribution in [0.3, 0.4) is 0 Å². The number of halogens is 4. The molecule has 1 atom stereocenters. The van der Waals surface area contributed by atoms with Crippen LogP contribution in [0.5, 0.6) is 0 Å². The van der Waals surface area contributed by atoms with Crippen LogP contribution >= 0.6 is 11.6 Å². The lowest BCUT2D eigenvalue weighted by Gasteiger charge is -2.17. The van der Waals surface area contributed by atoms with Crippen LogP contribution in [0.4, 0.5) is 18.9 Å². The highest BCUT2D eigenvalue weighted by molar-refractivity contribution is 6.34. The molecule has 2 aromatic heterocycles. The summed E-state index contributed by atoms with van der Waals surface area (Å²) in [4.78, 5) is 26.5. The number of benzene rings is 2. The minimum atomic E-state index is -0.673. The number of rotatable bonds is 7. The molecule has 186 valence electrons. The molecule has 4 aromatic rings. The number of H-pyrrole nitrogens is 1. The van der Waals surface area contributed by atoms with Crippen LogP contribution in [0.2, 0.25) is 5.02 Å². The van der Waals surface area contributed by atoms with Crippen LogP contribution in [-0.2, 0) is 6.42 Å². The monoisotopic (exact) mass is 513 g/mol. The maximum Gasteiger partial charge on any atom is 0.258 e. The molecule has 1 aliphatic heterocycles. The average Bonchev–Trinajstić information content (AvgIpc) is 3.27. The highest BCUT2D eigenvalue weighted by atomic mass is 35.5. The molecular weight excluding hydrogens is 491 g/mol. The molecule has 1 aliphatic rings. The van der Waals surface area contributed by atoms with Gasteiger partial charge in [0.1, 0.15) is 24.1 Å². The van der Waals surface area contributed by atoms with Crippen LogP contribution in [-0.4, -0.2) is 52.2 Å². The average molecular weight is 514 g/mol. The third kappa shape index (κ3) is 5.37. The minimum Gasteiger partial charge on any atom is -0.380 e. The molecule has 10 heteroatoms. The van der Waals surface area contributed by atoms with Gasteiger partial charge in [0.05, 0.1) is 27.3 Å². The summed E-state index contributed by atoms with van der Waals surface area (Å²) in [6, 6.07) is 10.2. The van der Waals surface area contributed by atoms with Crippen molar-refractivity contribution in [1.82, 2.24) is 19.9 Å². The zero-order valence-electron chi connectivity index (χ0n) is 19.2. The van der Waals surface area contributed by atoms with Crippen LogP contribution in [0, 0.1) is 11.6 Å². The van der Waals surface area contributed by atoms with E-state index in [2.05, 4.69) is 25.2 Å². The maximum atomic E-state index is 13.5. The molecule has 0 spiro atoms. The Balaban J connectivity index is 1.36. The second kappa shape index (κ2) is 10.3. The molecule has 0 unspecified atom stereocenters. The van der Waals surface area contributed by atoms with E-state index in [0.29, 0.717) is 51.7 Å². The topological polar surface area (TPSA) is 73.9 Å². The van der Waals surface area contributed by atoms with E-state index >= 15 is 0 Å². The van der Waals surface area contributed by atoms with Crippen LogP contribution < -0.4 is 10.9 Å². The highest BCUT2D eigenvalue weighted by Gasteiger charge is 2.23. The number of nitrogens with zero attached hydrogens (tertiary/aromatic N) is 3. The second-order valence-electron chi connectivity index (χ2n) is 8.87. The number of aromatic nitrogens is 3. The molecule has 6 nitrogen and oxygen atoms in total. The van der Waals surface area contributed by atoms with Crippen LogP contribution in [0.15, 0.2) is 53.5 Å². The van der Waals surface area contributed by atoms with Gasteiger partial charge in [-0.25, -0.2) is 18.2 Å². The van der Waals surface area contributed by atoms with Crippen molar-refractivity contribution in [3.63, 3.8) is 0 Å². The van der Waals surface area contributed by atoms with Gasteiger partial charge in [0.2, 0.25) is 0 Å². The molecule has 0 amide bonds. The van der Waals surface area contributed by atoms with E-state index < -0.39 is 11.6 Å². The number of aromatic amines is 1. The first-order valence-electron chi connectivity index (χ1n) is 11.6. The largest absolute Gasteiger partial charge is 0.380 e. The molecule has 2 aromatic carbocycles. The van der Waals surface area contributed by atoms with Gasteiger partial charge in [0.15, 0.2) is 0 Å².